The zero-order chi connectivity index (χ0) is 16.5. The fourth-order valence-electron chi connectivity index (χ4n) is 1.88. The first-order chi connectivity index (χ1) is 10.2. The van der Waals surface area contributed by atoms with E-state index in [2.05, 4.69) is 15.6 Å². The molecule has 2 rings (SSSR count). The summed E-state index contributed by atoms with van der Waals surface area (Å²) in [4.78, 5) is 23.2. The van der Waals surface area contributed by atoms with E-state index in [1.165, 1.54) is 22.9 Å². The molecule has 0 saturated heterocycles. The van der Waals surface area contributed by atoms with Gasteiger partial charge in [0, 0.05) is 7.05 Å². The van der Waals surface area contributed by atoms with Crippen molar-refractivity contribution in [3.8, 4) is 0 Å². The van der Waals surface area contributed by atoms with Gasteiger partial charge in [-0.05, 0) is 32.0 Å². The van der Waals surface area contributed by atoms with E-state index in [-0.39, 0.29) is 16.1 Å². The van der Waals surface area contributed by atoms with E-state index in [0.717, 1.165) is 0 Å². The zero-order valence-electron chi connectivity index (χ0n) is 12.3. The van der Waals surface area contributed by atoms with E-state index >= 15 is 0 Å². The van der Waals surface area contributed by atoms with Gasteiger partial charge in [-0.15, -0.1) is 5.10 Å². The van der Waals surface area contributed by atoms with Crippen molar-refractivity contribution in [2.45, 2.75) is 19.4 Å². The van der Waals surface area contributed by atoms with E-state index < -0.39 is 17.4 Å². The minimum absolute atomic E-state index is 0.0229. The molecule has 0 aliphatic heterocycles. The molecule has 0 spiro atoms. The second-order valence-corrected chi connectivity index (χ2v) is 5.76. The Bertz CT molecular complexity index is 739. The number of aromatic nitrogens is 3. The highest BCUT2D eigenvalue weighted by Crippen LogP contribution is 2.22. The van der Waals surface area contributed by atoms with E-state index in [4.69, 9.17) is 16.7 Å². The summed E-state index contributed by atoms with van der Waals surface area (Å²) in [5.74, 6) is -1.52. The third kappa shape index (κ3) is 3.25. The number of aromatic carboxylic acids is 1. The van der Waals surface area contributed by atoms with Crippen LogP contribution in [0.3, 0.4) is 0 Å². The van der Waals surface area contributed by atoms with Crippen molar-refractivity contribution in [1.82, 2.24) is 20.3 Å². The van der Waals surface area contributed by atoms with Gasteiger partial charge < -0.3 is 10.4 Å². The second kappa shape index (κ2) is 5.76. The van der Waals surface area contributed by atoms with Crippen LogP contribution in [0.4, 0.5) is 0 Å². The Labute approximate surface area is 131 Å². The third-order valence-corrected chi connectivity index (χ3v) is 3.44. The molecule has 116 valence electrons. The number of halogens is 1. The lowest BCUT2D eigenvalue weighted by Crippen LogP contribution is -2.41. The van der Waals surface area contributed by atoms with Gasteiger partial charge in [0.1, 0.15) is 5.69 Å². The quantitative estimate of drug-likeness (QED) is 0.895. The monoisotopic (exact) mass is 322 g/mol. The van der Waals surface area contributed by atoms with Crippen molar-refractivity contribution in [3.05, 3.63) is 46.2 Å². The predicted octanol–water partition coefficient (Wildman–Crippen LogP) is 1.83. The van der Waals surface area contributed by atoms with Crippen LogP contribution < -0.4 is 5.32 Å². The lowest BCUT2D eigenvalue weighted by atomic mass is 10.0. The Morgan fingerprint density at radius 2 is 2.05 bits per heavy atom. The Hall–Kier alpha value is -2.41. The fourth-order valence-corrected chi connectivity index (χ4v) is 2.15. The van der Waals surface area contributed by atoms with Gasteiger partial charge in [-0.1, -0.05) is 16.8 Å². The van der Waals surface area contributed by atoms with Gasteiger partial charge in [-0.25, -0.2) is 4.79 Å². The SMILES string of the molecule is Cn1cc(C(C)(C)NC(=O)c2ccc(C(=O)O)cc2Cl)nn1. The topological polar surface area (TPSA) is 97.1 Å². The molecular formula is C14H15ClN4O3. The number of nitrogens with zero attached hydrogens (tertiary/aromatic N) is 3. The molecule has 8 heteroatoms. The molecule has 0 radical (unpaired) electrons. The fraction of sp³-hybridized carbons (Fsp3) is 0.286. The molecular weight excluding hydrogens is 308 g/mol. The average Bonchev–Trinajstić information content (AvgIpc) is 2.85. The molecule has 0 atom stereocenters. The number of aryl methyl sites for hydroxylation is 1. The summed E-state index contributed by atoms with van der Waals surface area (Å²) in [6.07, 6.45) is 1.70. The van der Waals surface area contributed by atoms with Gasteiger partial charge in [0.15, 0.2) is 0 Å². The highest BCUT2D eigenvalue weighted by molar-refractivity contribution is 6.34. The summed E-state index contributed by atoms with van der Waals surface area (Å²) < 4.78 is 1.54. The normalized spacial score (nSPS) is 11.3. The average molecular weight is 323 g/mol. The van der Waals surface area contributed by atoms with Gasteiger partial charge >= 0.3 is 5.97 Å². The van der Waals surface area contributed by atoms with Gasteiger partial charge in [0.25, 0.3) is 5.91 Å². The van der Waals surface area contributed by atoms with Crippen LogP contribution in [-0.2, 0) is 12.6 Å². The number of carbonyl (C=O) groups excluding carboxylic acids is 1. The summed E-state index contributed by atoms with van der Waals surface area (Å²) in [5, 5.41) is 19.6. The molecule has 0 unspecified atom stereocenters. The van der Waals surface area contributed by atoms with Gasteiger partial charge in [-0.3, -0.25) is 9.48 Å². The van der Waals surface area contributed by atoms with Crippen molar-refractivity contribution in [3.63, 3.8) is 0 Å². The number of carboxylic acids is 1. The van der Waals surface area contributed by atoms with E-state index in [0.29, 0.717) is 5.69 Å². The zero-order valence-corrected chi connectivity index (χ0v) is 13.0. The van der Waals surface area contributed by atoms with Crippen molar-refractivity contribution < 1.29 is 14.7 Å². The third-order valence-electron chi connectivity index (χ3n) is 3.13. The van der Waals surface area contributed by atoms with E-state index in [1.807, 2.05) is 0 Å². The van der Waals surface area contributed by atoms with Gasteiger partial charge in [0.2, 0.25) is 0 Å². The lowest BCUT2D eigenvalue weighted by Gasteiger charge is -2.24. The molecule has 1 aromatic heterocycles. The standard InChI is InChI=1S/C14H15ClN4O3/c1-14(2,11-7-19(3)18-17-11)16-12(20)9-5-4-8(13(21)22)6-10(9)15/h4-7H,1-3H3,(H,16,20)(H,21,22). The predicted molar refractivity (Wildman–Crippen MR) is 79.9 cm³/mol. The summed E-state index contributed by atoms with van der Waals surface area (Å²) in [6, 6.07) is 3.96. The number of nitrogens with one attached hydrogen (secondary N) is 1. The van der Waals surface area contributed by atoms with Crippen LogP contribution in [0.25, 0.3) is 0 Å². The highest BCUT2D eigenvalue weighted by Gasteiger charge is 2.27. The molecule has 0 fully saturated rings. The maximum absolute atomic E-state index is 12.3. The Balaban J connectivity index is 2.23. The molecule has 1 aromatic carbocycles. The van der Waals surface area contributed by atoms with Crippen molar-refractivity contribution >= 4 is 23.5 Å². The summed E-state index contributed by atoms with van der Waals surface area (Å²) in [6.45, 7) is 3.57. The lowest BCUT2D eigenvalue weighted by molar-refractivity contribution is 0.0696. The highest BCUT2D eigenvalue weighted by atomic mass is 35.5. The molecule has 2 aromatic rings. The molecule has 0 aliphatic rings. The van der Waals surface area contributed by atoms with Crippen molar-refractivity contribution in [1.29, 1.82) is 0 Å². The molecule has 0 saturated carbocycles. The molecule has 2 N–H and O–H groups in total. The number of rotatable bonds is 4. The molecule has 22 heavy (non-hydrogen) atoms. The number of carbonyl (C=O) groups is 2. The van der Waals surface area contributed by atoms with Crippen LogP contribution in [-0.4, -0.2) is 32.0 Å². The Morgan fingerprint density at radius 1 is 1.36 bits per heavy atom. The first kappa shape index (κ1) is 16.0. The van der Waals surface area contributed by atoms with Crippen molar-refractivity contribution in [2.24, 2.45) is 7.05 Å². The number of amides is 1. The van der Waals surface area contributed by atoms with E-state index in [1.54, 1.807) is 27.1 Å². The smallest absolute Gasteiger partial charge is 0.335 e. The van der Waals surface area contributed by atoms with Crippen molar-refractivity contribution in [2.75, 3.05) is 0 Å². The molecule has 1 amide bonds. The maximum Gasteiger partial charge on any atom is 0.335 e. The summed E-state index contributed by atoms with van der Waals surface area (Å²) in [7, 11) is 1.73. The maximum atomic E-state index is 12.3. The Morgan fingerprint density at radius 3 is 2.55 bits per heavy atom. The summed E-state index contributed by atoms with van der Waals surface area (Å²) in [5.41, 5.74) is 0.0696. The van der Waals surface area contributed by atoms with Crippen LogP contribution in [0.1, 0.15) is 40.3 Å². The largest absolute Gasteiger partial charge is 0.478 e. The summed E-state index contributed by atoms with van der Waals surface area (Å²) >= 11 is 5.99. The van der Waals surface area contributed by atoms with Crippen LogP contribution in [0, 0.1) is 0 Å². The first-order valence-corrected chi connectivity index (χ1v) is 6.80. The van der Waals surface area contributed by atoms with E-state index in [9.17, 15) is 9.59 Å². The Kier molecular flexibility index (Phi) is 4.18. The van der Waals surface area contributed by atoms with Crippen LogP contribution in [0.5, 0.6) is 0 Å². The second-order valence-electron chi connectivity index (χ2n) is 5.36. The first-order valence-electron chi connectivity index (χ1n) is 6.43. The van der Waals surface area contributed by atoms with Gasteiger partial charge in [0.05, 0.1) is 27.9 Å². The van der Waals surface area contributed by atoms with Crippen LogP contribution in [0.2, 0.25) is 5.02 Å². The molecule has 0 bridgehead atoms. The number of hydrogen-bond acceptors (Lipinski definition) is 4. The minimum Gasteiger partial charge on any atom is -0.478 e. The van der Waals surface area contributed by atoms with Gasteiger partial charge in [-0.2, -0.15) is 0 Å². The van der Waals surface area contributed by atoms with Crippen LogP contribution in [0.15, 0.2) is 24.4 Å². The molecule has 0 aliphatic carbocycles. The number of carboxylic acid groups (broad SMARTS) is 1. The molecule has 7 nitrogen and oxygen atoms in total. The van der Waals surface area contributed by atoms with Crippen LogP contribution >= 0.6 is 11.6 Å². The number of benzene rings is 1. The number of hydrogen-bond donors (Lipinski definition) is 2. The molecule has 1 heterocycles. The minimum atomic E-state index is -1.10.